The summed E-state index contributed by atoms with van der Waals surface area (Å²) in [5.74, 6) is 0.302. The third-order valence-corrected chi connectivity index (χ3v) is 4.54. The van der Waals surface area contributed by atoms with Crippen LogP contribution in [0.4, 0.5) is 0 Å². The van der Waals surface area contributed by atoms with Gasteiger partial charge in [0.2, 0.25) is 0 Å². The lowest BCUT2D eigenvalue weighted by Gasteiger charge is -2.31. The van der Waals surface area contributed by atoms with Crippen molar-refractivity contribution in [2.75, 3.05) is 7.11 Å². The second kappa shape index (κ2) is 6.86. The maximum atomic E-state index is 12.9. The molecule has 0 saturated carbocycles. The summed E-state index contributed by atoms with van der Waals surface area (Å²) in [6, 6.07) is 13.5. The first kappa shape index (κ1) is 17.5. The molecule has 0 radical (unpaired) electrons. The third kappa shape index (κ3) is 3.25. The Morgan fingerprint density at radius 3 is 2.44 bits per heavy atom. The van der Waals surface area contributed by atoms with Crippen LogP contribution in [0.5, 0.6) is 5.75 Å². The number of hydrogen-bond donors (Lipinski definition) is 1. The molecule has 2 aromatic rings. The molecule has 1 N–H and O–H groups in total. The van der Waals surface area contributed by atoms with E-state index in [9.17, 15) is 9.90 Å². The standard InChI is InChI=1S/C19H19ClN2O3/c1-3-16-12-19(24,14-6-10-17(25-2)11-7-14)22(21-16)18(23)13-4-8-15(20)9-5-13/h4-11,24H,3,12H2,1-2H3/t19-/m1/s1. The van der Waals surface area contributed by atoms with Crippen molar-refractivity contribution in [1.82, 2.24) is 5.01 Å². The van der Waals surface area contributed by atoms with Crippen molar-refractivity contribution < 1.29 is 14.6 Å². The van der Waals surface area contributed by atoms with Gasteiger partial charge in [-0.3, -0.25) is 4.79 Å². The number of halogens is 1. The molecule has 1 aliphatic heterocycles. The first-order valence-electron chi connectivity index (χ1n) is 8.01. The lowest BCUT2D eigenvalue weighted by Crippen LogP contribution is -2.43. The minimum atomic E-state index is -1.52. The van der Waals surface area contributed by atoms with Gasteiger partial charge in [0.1, 0.15) is 5.75 Å². The first-order valence-corrected chi connectivity index (χ1v) is 8.39. The molecule has 3 rings (SSSR count). The zero-order chi connectivity index (χ0) is 18.0. The summed E-state index contributed by atoms with van der Waals surface area (Å²) in [7, 11) is 1.58. The number of rotatable bonds is 4. The van der Waals surface area contributed by atoms with E-state index in [2.05, 4.69) is 5.10 Å². The number of amides is 1. The van der Waals surface area contributed by atoms with Gasteiger partial charge in [0.15, 0.2) is 5.72 Å². The number of carbonyl (C=O) groups excluding carboxylic acids is 1. The minimum Gasteiger partial charge on any atom is -0.497 e. The van der Waals surface area contributed by atoms with Crippen LogP contribution in [-0.4, -0.2) is 28.8 Å². The molecule has 1 atom stereocenters. The molecule has 130 valence electrons. The molecule has 0 aromatic heterocycles. The second-order valence-electron chi connectivity index (χ2n) is 5.87. The molecule has 0 saturated heterocycles. The lowest BCUT2D eigenvalue weighted by molar-refractivity contribution is -0.0765. The van der Waals surface area contributed by atoms with Crippen LogP contribution in [0.25, 0.3) is 0 Å². The summed E-state index contributed by atoms with van der Waals surface area (Å²) in [5.41, 5.74) is 0.245. The number of benzene rings is 2. The Labute approximate surface area is 151 Å². The summed E-state index contributed by atoms with van der Waals surface area (Å²) in [6.07, 6.45) is 0.929. The van der Waals surface area contributed by atoms with Gasteiger partial charge in [0.25, 0.3) is 5.91 Å². The van der Waals surface area contributed by atoms with Crippen LogP contribution < -0.4 is 4.74 Å². The van der Waals surface area contributed by atoms with E-state index in [-0.39, 0.29) is 12.3 Å². The Kier molecular flexibility index (Phi) is 4.79. The Hall–Kier alpha value is -2.37. The van der Waals surface area contributed by atoms with Crippen LogP contribution in [0.1, 0.15) is 35.7 Å². The van der Waals surface area contributed by atoms with Crippen molar-refractivity contribution in [2.45, 2.75) is 25.5 Å². The van der Waals surface area contributed by atoms with Gasteiger partial charge in [-0.05, 0) is 42.8 Å². The highest BCUT2D eigenvalue weighted by Gasteiger charge is 2.45. The Bertz CT molecular complexity index is 802. The van der Waals surface area contributed by atoms with E-state index in [1.165, 1.54) is 0 Å². The average Bonchev–Trinajstić information content (AvgIpc) is 3.00. The topological polar surface area (TPSA) is 62.1 Å². The van der Waals surface area contributed by atoms with E-state index in [1.54, 1.807) is 55.6 Å². The predicted octanol–water partition coefficient (Wildman–Crippen LogP) is 3.81. The smallest absolute Gasteiger partial charge is 0.276 e. The van der Waals surface area contributed by atoms with Gasteiger partial charge in [-0.25, -0.2) is 0 Å². The quantitative estimate of drug-likeness (QED) is 0.904. The monoisotopic (exact) mass is 358 g/mol. The Morgan fingerprint density at radius 2 is 1.88 bits per heavy atom. The number of ether oxygens (including phenoxy) is 1. The summed E-state index contributed by atoms with van der Waals surface area (Å²) in [5, 5.41) is 17.4. The van der Waals surface area contributed by atoms with Crippen LogP contribution in [0.3, 0.4) is 0 Å². The van der Waals surface area contributed by atoms with Crippen LogP contribution in [0, 0.1) is 0 Å². The van der Waals surface area contributed by atoms with Crippen molar-refractivity contribution in [3.63, 3.8) is 0 Å². The van der Waals surface area contributed by atoms with Crippen molar-refractivity contribution in [1.29, 1.82) is 0 Å². The normalized spacial score (nSPS) is 19.7. The van der Waals surface area contributed by atoms with E-state index >= 15 is 0 Å². The third-order valence-electron chi connectivity index (χ3n) is 4.29. The summed E-state index contributed by atoms with van der Waals surface area (Å²) in [6.45, 7) is 1.95. The van der Waals surface area contributed by atoms with E-state index < -0.39 is 5.72 Å². The van der Waals surface area contributed by atoms with Crippen LogP contribution in [0.2, 0.25) is 5.02 Å². The maximum absolute atomic E-state index is 12.9. The molecule has 1 amide bonds. The fraction of sp³-hybridized carbons (Fsp3) is 0.263. The zero-order valence-corrected chi connectivity index (χ0v) is 14.8. The Balaban J connectivity index is 1.99. The molecule has 1 heterocycles. The highest BCUT2D eigenvalue weighted by atomic mass is 35.5. The van der Waals surface area contributed by atoms with Crippen molar-refractivity contribution in [3.8, 4) is 5.75 Å². The number of hydrazone groups is 1. The fourth-order valence-corrected chi connectivity index (χ4v) is 2.95. The van der Waals surface area contributed by atoms with Gasteiger partial charge in [-0.1, -0.05) is 30.7 Å². The van der Waals surface area contributed by atoms with Crippen molar-refractivity contribution in [3.05, 3.63) is 64.7 Å². The molecule has 0 aliphatic carbocycles. The number of carbonyl (C=O) groups is 1. The number of hydrogen-bond acceptors (Lipinski definition) is 4. The van der Waals surface area contributed by atoms with Gasteiger partial charge in [-0.15, -0.1) is 0 Å². The number of nitrogens with zero attached hydrogens (tertiary/aromatic N) is 2. The van der Waals surface area contributed by atoms with Gasteiger partial charge in [-0.2, -0.15) is 10.1 Å². The van der Waals surface area contributed by atoms with E-state index in [0.717, 1.165) is 10.7 Å². The highest BCUT2D eigenvalue weighted by molar-refractivity contribution is 6.30. The van der Waals surface area contributed by atoms with E-state index in [0.29, 0.717) is 28.3 Å². The Morgan fingerprint density at radius 1 is 1.24 bits per heavy atom. The molecule has 6 heteroatoms. The van der Waals surface area contributed by atoms with Crippen LogP contribution in [0.15, 0.2) is 53.6 Å². The van der Waals surface area contributed by atoms with Crippen molar-refractivity contribution >= 4 is 23.2 Å². The van der Waals surface area contributed by atoms with Gasteiger partial charge < -0.3 is 9.84 Å². The second-order valence-corrected chi connectivity index (χ2v) is 6.30. The SMILES string of the molecule is CCC1=NN(C(=O)c2ccc(Cl)cc2)[C@](O)(c2ccc(OC)cc2)C1. The summed E-state index contributed by atoms with van der Waals surface area (Å²) >= 11 is 5.89. The number of aliphatic hydroxyl groups is 1. The molecule has 0 spiro atoms. The molecule has 0 fully saturated rings. The van der Waals surface area contributed by atoms with Gasteiger partial charge in [0.05, 0.1) is 7.11 Å². The minimum absolute atomic E-state index is 0.273. The highest BCUT2D eigenvalue weighted by Crippen LogP contribution is 2.37. The summed E-state index contributed by atoms with van der Waals surface area (Å²) < 4.78 is 5.16. The van der Waals surface area contributed by atoms with E-state index in [4.69, 9.17) is 16.3 Å². The number of methoxy groups -OCH3 is 1. The predicted molar refractivity (Wildman–Crippen MR) is 96.9 cm³/mol. The molecular formula is C19H19ClN2O3. The molecule has 5 nitrogen and oxygen atoms in total. The zero-order valence-electron chi connectivity index (χ0n) is 14.1. The van der Waals surface area contributed by atoms with Crippen molar-refractivity contribution in [2.24, 2.45) is 5.10 Å². The van der Waals surface area contributed by atoms with Crippen LogP contribution in [-0.2, 0) is 5.72 Å². The molecule has 1 aliphatic rings. The molecule has 2 aromatic carbocycles. The molecular weight excluding hydrogens is 340 g/mol. The largest absolute Gasteiger partial charge is 0.497 e. The van der Waals surface area contributed by atoms with Gasteiger partial charge in [0, 0.05) is 28.3 Å². The molecule has 0 bridgehead atoms. The fourth-order valence-electron chi connectivity index (χ4n) is 2.83. The average molecular weight is 359 g/mol. The lowest BCUT2D eigenvalue weighted by atomic mass is 9.96. The van der Waals surface area contributed by atoms with E-state index in [1.807, 2.05) is 6.92 Å². The first-order chi connectivity index (χ1) is 12.0. The molecule has 25 heavy (non-hydrogen) atoms. The maximum Gasteiger partial charge on any atom is 0.276 e. The van der Waals surface area contributed by atoms with Crippen LogP contribution >= 0.6 is 11.6 Å². The summed E-state index contributed by atoms with van der Waals surface area (Å²) in [4.78, 5) is 12.9. The molecule has 0 unspecified atom stereocenters. The van der Waals surface area contributed by atoms with Gasteiger partial charge >= 0.3 is 0 Å².